The Bertz CT molecular complexity index is 1360. The van der Waals surface area contributed by atoms with Crippen LogP contribution in [0.2, 0.25) is 0 Å². The van der Waals surface area contributed by atoms with Crippen molar-refractivity contribution in [1.29, 1.82) is 0 Å². The van der Waals surface area contributed by atoms with Gasteiger partial charge in [0.25, 0.3) is 0 Å². The summed E-state index contributed by atoms with van der Waals surface area (Å²) in [5.74, 6) is 2.10. The van der Waals surface area contributed by atoms with Crippen molar-refractivity contribution in [3.8, 4) is 5.75 Å². The molecule has 2 aliphatic carbocycles. The molecule has 0 spiro atoms. The molecule has 0 saturated heterocycles. The van der Waals surface area contributed by atoms with Crippen molar-refractivity contribution >= 4 is 0 Å². The summed E-state index contributed by atoms with van der Waals surface area (Å²) >= 11 is 0. The molecule has 2 atom stereocenters. The Kier molecular flexibility index (Phi) is 27.5. The van der Waals surface area contributed by atoms with Gasteiger partial charge in [-0.3, -0.25) is 0 Å². The lowest BCUT2D eigenvalue weighted by atomic mass is 9.76. The molecule has 4 aromatic rings. The first-order valence-electron chi connectivity index (χ1n) is 22.1. The third-order valence-corrected chi connectivity index (χ3v) is 10.2. The molecule has 2 fully saturated rings. The van der Waals surface area contributed by atoms with E-state index in [1.54, 1.807) is 36.4 Å². The van der Waals surface area contributed by atoms with Crippen LogP contribution in [0.4, 0.5) is 17.6 Å². The molecule has 0 bridgehead atoms. The SMILES string of the molecule is CC.CCC.CCCC(CC)c1cc(C2CCCCC2)cc(C2CCCCC2)c1OC(C)F.Cc1ccc(F)cc1.Cc1ccc(F)cc1.Cc1ccc(F)cc1. The zero-order chi connectivity index (χ0) is 42.6. The number of hydrogen-bond acceptors (Lipinski definition) is 1. The van der Waals surface area contributed by atoms with E-state index in [2.05, 4.69) is 39.8 Å². The Balaban J connectivity index is 0.000000450. The van der Waals surface area contributed by atoms with Crippen molar-refractivity contribution in [3.63, 3.8) is 0 Å². The van der Waals surface area contributed by atoms with Crippen LogP contribution >= 0.6 is 0 Å². The molecule has 318 valence electrons. The molecule has 0 radical (unpaired) electrons. The molecule has 4 aromatic carbocycles. The van der Waals surface area contributed by atoms with E-state index < -0.39 is 6.36 Å². The lowest BCUT2D eigenvalue weighted by molar-refractivity contribution is 0.0824. The van der Waals surface area contributed by atoms with Crippen molar-refractivity contribution in [3.05, 3.63) is 136 Å². The first-order chi connectivity index (χ1) is 27.4. The first kappa shape index (κ1) is 51.4. The smallest absolute Gasteiger partial charge is 0.235 e. The molecule has 0 N–H and O–H groups in total. The van der Waals surface area contributed by atoms with Crippen LogP contribution in [0.1, 0.15) is 189 Å². The fraction of sp³-hybridized carbons (Fsp3) is 0.538. The second kappa shape index (κ2) is 30.5. The number of rotatable bonds is 8. The summed E-state index contributed by atoms with van der Waals surface area (Å²) in [4.78, 5) is 0. The van der Waals surface area contributed by atoms with Crippen LogP contribution in [0.3, 0.4) is 0 Å². The lowest BCUT2D eigenvalue weighted by Crippen LogP contribution is -2.16. The highest BCUT2D eigenvalue weighted by atomic mass is 19.1. The van der Waals surface area contributed by atoms with E-state index in [9.17, 15) is 17.6 Å². The van der Waals surface area contributed by atoms with Gasteiger partial charge in [-0.05, 0) is 130 Å². The average molecular weight is 793 g/mol. The second-order valence-corrected chi connectivity index (χ2v) is 15.3. The third-order valence-electron chi connectivity index (χ3n) is 10.2. The van der Waals surface area contributed by atoms with Crippen molar-refractivity contribution in [2.24, 2.45) is 0 Å². The predicted octanol–water partition coefficient (Wildman–Crippen LogP) is 17.6. The van der Waals surface area contributed by atoms with Crippen LogP contribution in [-0.4, -0.2) is 6.36 Å². The molecule has 0 amide bonds. The number of ether oxygens (including phenoxy) is 1. The number of halogens is 4. The molecule has 1 nitrogen and oxygen atoms in total. The normalized spacial score (nSPS) is 14.8. The first-order valence-corrected chi connectivity index (χ1v) is 22.1. The Hall–Kier alpha value is -3.60. The van der Waals surface area contributed by atoms with E-state index in [1.165, 1.54) is 131 Å². The molecule has 0 aliphatic heterocycles. The van der Waals surface area contributed by atoms with Crippen LogP contribution in [0, 0.1) is 38.2 Å². The Morgan fingerprint density at radius 3 is 1.26 bits per heavy atom. The van der Waals surface area contributed by atoms with Gasteiger partial charge in [-0.1, -0.05) is 158 Å². The monoisotopic (exact) mass is 793 g/mol. The summed E-state index contributed by atoms with van der Waals surface area (Å²) in [6.45, 7) is 20.1. The molecule has 2 saturated carbocycles. The molecular weight excluding hydrogens is 717 g/mol. The topological polar surface area (TPSA) is 9.23 Å². The van der Waals surface area contributed by atoms with E-state index in [1.807, 2.05) is 34.6 Å². The lowest BCUT2D eigenvalue weighted by Gasteiger charge is -2.31. The van der Waals surface area contributed by atoms with Gasteiger partial charge in [-0.2, -0.15) is 0 Å². The number of aryl methyl sites for hydroxylation is 3. The molecule has 2 unspecified atom stereocenters. The highest BCUT2D eigenvalue weighted by Gasteiger charge is 2.28. The summed E-state index contributed by atoms with van der Waals surface area (Å²) in [7, 11) is 0. The van der Waals surface area contributed by atoms with E-state index in [4.69, 9.17) is 4.74 Å². The molecular formula is C52H76F4O. The minimum absolute atomic E-state index is 0.171. The van der Waals surface area contributed by atoms with Crippen LogP contribution in [0.25, 0.3) is 0 Å². The summed E-state index contributed by atoms with van der Waals surface area (Å²) in [6, 6.07) is 24.1. The minimum atomic E-state index is -1.25. The summed E-state index contributed by atoms with van der Waals surface area (Å²) in [5.41, 5.74) is 7.42. The van der Waals surface area contributed by atoms with Crippen LogP contribution in [0.15, 0.2) is 84.9 Å². The maximum atomic E-state index is 14.1. The van der Waals surface area contributed by atoms with E-state index in [0.717, 1.165) is 41.7 Å². The molecule has 57 heavy (non-hydrogen) atoms. The molecule has 6 rings (SSSR count). The zero-order valence-electron chi connectivity index (χ0n) is 37.2. The van der Waals surface area contributed by atoms with Gasteiger partial charge in [-0.25, -0.2) is 17.6 Å². The summed E-state index contributed by atoms with van der Waals surface area (Å²) < 4.78 is 56.3. The summed E-state index contributed by atoms with van der Waals surface area (Å²) in [5, 5.41) is 0. The van der Waals surface area contributed by atoms with Crippen molar-refractivity contribution in [2.75, 3.05) is 0 Å². The van der Waals surface area contributed by atoms with Gasteiger partial charge in [0.05, 0.1) is 0 Å². The van der Waals surface area contributed by atoms with Crippen molar-refractivity contribution < 1.29 is 22.3 Å². The van der Waals surface area contributed by atoms with E-state index >= 15 is 0 Å². The number of alkyl halides is 1. The van der Waals surface area contributed by atoms with Gasteiger partial charge in [0.15, 0.2) is 0 Å². The van der Waals surface area contributed by atoms with Gasteiger partial charge in [0.1, 0.15) is 23.2 Å². The summed E-state index contributed by atoms with van der Waals surface area (Å²) in [6.07, 6.45) is 16.5. The van der Waals surface area contributed by atoms with Crippen LogP contribution in [0.5, 0.6) is 5.75 Å². The molecule has 0 aromatic heterocycles. The van der Waals surface area contributed by atoms with E-state index in [0.29, 0.717) is 17.8 Å². The van der Waals surface area contributed by atoms with Crippen molar-refractivity contribution in [2.45, 2.75) is 183 Å². The largest absolute Gasteiger partial charge is 0.460 e. The van der Waals surface area contributed by atoms with E-state index in [-0.39, 0.29) is 17.5 Å². The van der Waals surface area contributed by atoms with Gasteiger partial charge in [0.2, 0.25) is 6.36 Å². The fourth-order valence-electron chi connectivity index (χ4n) is 7.22. The minimum Gasteiger partial charge on any atom is -0.460 e. The zero-order valence-corrected chi connectivity index (χ0v) is 37.2. The third kappa shape index (κ3) is 21.1. The standard InChI is InChI=1S/C26H41FO.3C7H7F.C3H8.C2H6/c1-4-12-20(5-2)24-17-23(21-13-8-6-9-14-21)18-25(26(24)28-19(3)27)22-15-10-7-11-16-22;3*1-6-2-4-7(8)5-3-6;1-3-2;1-2/h17-22H,4-16H2,1-3H3;3*2-5H,1H3;3H2,1-2H3;1-2H3. The molecule has 2 aliphatic rings. The van der Waals surface area contributed by atoms with Gasteiger partial charge in [0, 0.05) is 6.92 Å². The van der Waals surface area contributed by atoms with Gasteiger partial charge >= 0.3 is 0 Å². The Morgan fingerprint density at radius 1 is 0.579 bits per heavy atom. The maximum absolute atomic E-state index is 14.1. The number of hydrogen-bond donors (Lipinski definition) is 0. The molecule has 0 heterocycles. The van der Waals surface area contributed by atoms with Crippen LogP contribution < -0.4 is 4.74 Å². The predicted molar refractivity (Wildman–Crippen MR) is 238 cm³/mol. The highest BCUT2D eigenvalue weighted by Crippen LogP contribution is 2.46. The van der Waals surface area contributed by atoms with Crippen molar-refractivity contribution in [1.82, 2.24) is 0 Å². The highest BCUT2D eigenvalue weighted by molar-refractivity contribution is 5.50. The van der Waals surface area contributed by atoms with Crippen LogP contribution in [-0.2, 0) is 0 Å². The van der Waals surface area contributed by atoms with Gasteiger partial charge < -0.3 is 4.74 Å². The fourth-order valence-corrected chi connectivity index (χ4v) is 7.22. The quantitative estimate of drug-likeness (QED) is 0.162. The Morgan fingerprint density at radius 2 is 0.947 bits per heavy atom. The second-order valence-electron chi connectivity index (χ2n) is 15.3. The average Bonchev–Trinajstić information content (AvgIpc) is 3.22. The van der Waals surface area contributed by atoms with Gasteiger partial charge in [-0.15, -0.1) is 0 Å². The molecule has 5 heteroatoms. The Labute approximate surface area is 346 Å². The number of benzene rings is 4. The maximum Gasteiger partial charge on any atom is 0.235 e.